The van der Waals surface area contributed by atoms with Gasteiger partial charge in [0.25, 0.3) is 0 Å². The van der Waals surface area contributed by atoms with Crippen molar-refractivity contribution in [3.63, 3.8) is 0 Å². The maximum Gasteiger partial charge on any atom is 0.246 e. The summed E-state index contributed by atoms with van der Waals surface area (Å²) in [5, 5.41) is 0. The zero-order valence-corrected chi connectivity index (χ0v) is 20.6. The van der Waals surface area contributed by atoms with Gasteiger partial charge < -0.3 is 18.9 Å². The van der Waals surface area contributed by atoms with Gasteiger partial charge in [0.05, 0.1) is 28.4 Å². The second-order valence-electron chi connectivity index (χ2n) is 7.20. The lowest BCUT2D eigenvalue weighted by molar-refractivity contribution is 0.375. The summed E-state index contributed by atoms with van der Waals surface area (Å²) in [6, 6.07) is 8.93. The van der Waals surface area contributed by atoms with Gasteiger partial charge in [0.1, 0.15) is 32.8 Å². The summed E-state index contributed by atoms with van der Waals surface area (Å²) in [4.78, 5) is -0.00198. The molecule has 182 valence electrons. The van der Waals surface area contributed by atoms with Crippen molar-refractivity contribution >= 4 is 20.0 Å². The Morgan fingerprint density at radius 1 is 0.606 bits per heavy atom. The lowest BCUT2D eigenvalue weighted by Crippen LogP contribution is -2.37. The Labute approximate surface area is 194 Å². The van der Waals surface area contributed by atoms with E-state index < -0.39 is 20.0 Å². The fraction of sp³-hybridized carbons (Fsp3) is 0.429. The predicted octanol–water partition coefficient (Wildman–Crippen LogP) is 1.81. The minimum atomic E-state index is -3.92. The minimum absolute atomic E-state index is 0.000990. The van der Waals surface area contributed by atoms with Crippen LogP contribution in [0.2, 0.25) is 0 Å². The largest absolute Gasteiger partial charge is 0.497 e. The van der Waals surface area contributed by atoms with Crippen LogP contribution in [0.25, 0.3) is 0 Å². The quantitative estimate of drug-likeness (QED) is 0.540. The number of sulfonamides is 2. The molecule has 3 rings (SSSR count). The van der Waals surface area contributed by atoms with E-state index in [0.717, 1.165) is 0 Å². The lowest BCUT2D eigenvalue weighted by Gasteiger charge is -2.23. The first-order valence-electron chi connectivity index (χ1n) is 10.1. The van der Waals surface area contributed by atoms with Gasteiger partial charge in [0, 0.05) is 38.3 Å². The summed E-state index contributed by atoms with van der Waals surface area (Å²) >= 11 is 0. The molecule has 1 fully saturated rings. The van der Waals surface area contributed by atoms with Crippen molar-refractivity contribution in [2.75, 3.05) is 54.6 Å². The van der Waals surface area contributed by atoms with Crippen LogP contribution in [0, 0.1) is 0 Å². The van der Waals surface area contributed by atoms with Gasteiger partial charge in [0.15, 0.2) is 0 Å². The van der Waals surface area contributed by atoms with Crippen molar-refractivity contribution in [2.24, 2.45) is 0 Å². The van der Waals surface area contributed by atoms with Crippen LogP contribution in [-0.4, -0.2) is 80.1 Å². The van der Waals surface area contributed by atoms with Crippen LogP contribution in [0.4, 0.5) is 0 Å². The molecule has 2 aromatic carbocycles. The van der Waals surface area contributed by atoms with Gasteiger partial charge in [-0.2, -0.15) is 8.61 Å². The van der Waals surface area contributed by atoms with Crippen LogP contribution in [0.3, 0.4) is 0 Å². The highest BCUT2D eigenvalue weighted by Gasteiger charge is 2.34. The number of rotatable bonds is 8. The molecule has 2 aromatic rings. The van der Waals surface area contributed by atoms with Crippen molar-refractivity contribution in [3.8, 4) is 23.0 Å². The number of hydrogen-bond acceptors (Lipinski definition) is 8. The third-order valence-electron chi connectivity index (χ3n) is 5.39. The van der Waals surface area contributed by atoms with E-state index in [9.17, 15) is 16.8 Å². The molecule has 1 aliphatic heterocycles. The number of ether oxygens (including phenoxy) is 4. The molecule has 0 atom stereocenters. The Morgan fingerprint density at radius 2 is 1.00 bits per heavy atom. The van der Waals surface area contributed by atoms with Crippen LogP contribution in [0.5, 0.6) is 23.0 Å². The average Bonchev–Trinajstić information content (AvgIpc) is 3.10. The summed E-state index contributed by atoms with van der Waals surface area (Å²) in [5.74, 6) is 1.25. The lowest BCUT2D eigenvalue weighted by atomic mass is 10.3. The van der Waals surface area contributed by atoms with Crippen molar-refractivity contribution in [1.82, 2.24) is 8.61 Å². The van der Waals surface area contributed by atoms with E-state index in [1.54, 1.807) is 12.1 Å². The smallest absolute Gasteiger partial charge is 0.246 e. The van der Waals surface area contributed by atoms with E-state index >= 15 is 0 Å². The monoisotopic (exact) mass is 500 g/mol. The molecule has 1 heterocycles. The molecule has 0 bridgehead atoms. The minimum Gasteiger partial charge on any atom is -0.497 e. The molecule has 0 aliphatic carbocycles. The SMILES string of the molecule is COc1ccc(S(=O)(=O)N2CCCN(S(=O)(=O)c3ccc(OC)cc3OC)CC2)c(OC)c1. The Balaban J connectivity index is 1.86. The van der Waals surface area contributed by atoms with Gasteiger partial charge in [-0.1, -0.05) is 0 Å². The third kappa shape index (κ3) is 5.03. The van der Waals surface area contributed by atoms with Gasteiger partial charge >= 0.3 is 0 Å². The third-order valence-corrected chi connectivity index (χ3v) is 9.27. The van der Waals surface area contributed by atoms with Crippen LogP contribution in [-0.2, 0) is 20.0 Å². The summed E-state index contributed by atoms with van der Waals surface area (Å²) in [6.07, 6.45) is 0.329. The first-order chi connectivity index (χ1) is 15.7. The van der Waals surface area contributed by atoms with Crippen LogP contribution < -0.4 is 18.9 Å². The highest BCUT2D eigenvalue weighted by Crippen LogP contribution is 2.33. The number of hydrogen-bond donors (Lipinski definition) is 0. The van der Waals surface area contributed by atoms with Gasteiger partial charge in [0.2, 0.25) is 20.0 Å². The van der Waals surface area contributed by atoms with E-state index in [4.69, 9.17) is 18.9 Å². The summed E-state index contributed by atoms with van der Waals surface area (Å²) in [5.41, 5.74) is 0. The van der Waals surface area contributed by atoms with E-state index in [1.165, 1.54) is 61.3 Å². The molecule has 0 aromatic heterocycles. The second kappa shape index (κ2) is 10.2. The zero-order chi connectivity index (χ0) is 24.2. The normalized spacial score (nSPS) is 16.1. The van der Waals surface area contributed by atoms with Crippen molar-refractivity contribution < 1.29 is 35.8 Å². The number of methoxy groups -OCH3 is 4. The molecule has 12 heteroatoms. The van der Waals surface area contributed by atoms with Gasteiger partial charge in [-0.3, -0.25) is 0 Å². The molecule has 1 aliphatic rings. The highest BCUT2D eigenvalue weighted by molar-refractivity contribution is 7.89. The molecular weight excluding hydrogens is 472 g/mol. The summed E-state index contributed by atoms with van der Waals surface area (Å²) in [7, 11) is -2.12. The fourth-order valence-electron chi connectivity index (χ4n) is 3.60. The molecule has 10 nitrogen and oxygen atoms in total. The summed E-state index contributed by atoms with van der Waals surface area (Å²) < 4.78 is 76.6. The molecule has 0 saturated carbocycles. The van der Waals surface area contributed by atoms with Gasteiger partial charge in [-0.15, -0.1) is 0 Å². The van der Waals surface area contributed by atoms with E-state index in [0.29, 0.717) is 17.9 Å². The molecule has 33 heavy (non-hydrogen) atoms. The van der Waals surface area contributed by atoms with E-state index in [-0.39, 0.29) is 47.5 Å². The first kappa shape index (κ1) is 25.1. The number of benzene rings is 2. The van der Waals surface area contributed by atoms with E-state index in [2.05, 4.69) is 0 Å². The van der Waals surface area contributed by atoms with Crippen molar-refractivity contribution in [1.29, 1.82) is 0 Å². The molecule has 0 spiro atoms. The van der Waals surface area contributed by atoms with Crippen molar-refractivity contribution in [2.45, 2.75) is 16.2 Å². The topological polar surface area (TPSA) is 112 Å². The Bertz CT molecular complexity index is 1110. The predicted molar refractivity (Wildman–Crippen MR) is 121 cm³/mol. The maximum absolute atomic E-state index is 13.3. The molecule has 0 amide bonds. The molecule has 0 unspecified atom stereocenters. The van der Waals surface area contributed by atoms with Crippen LogP contribution >= 0.6 is 0 Å². The average molecular weight is 501 g/mol. The molecular formula is C21H28N2O8S2. The van der Waals surface area contributed by atoms with Gasteiger partial charge in [-0.25, -0.2) is 16.8 Å². The van der Waals surface area contributed by atoms with Crippen LogP contribution in [0.15, 0.2) is 46.2 Å². The molecule has 0 N–H and O–H groups in total. The Morgan fingerprint density at radius 3 is 1.33 bits per heavy atom. The Hall–Kier alpha value is -2.54. The molecule has 0 radical (unpaired) electrons. The zero-order valence-electron chi connectivity index (χ0n) is 19.0. The van der Waals surface area contributed by atoms with Crippen molar-refractivity contribution in [3.05, 3.63) is 36.4 Å². The maximum atomic E-state index is 13.3. The molecule has 1 saturated heterocycles. The Kier molecular flexibility index (Phi) is 7.73. The standard InChI is InChI=1S/C21H28N2O8S2/c1-28-16-6-8-20(18(14-16)30-3)32(24,25)22-10-5-11-23(13-12-22)33(26,27)21-9-7-17(29-2)15-19(21)31-4/h6-9,14-15H,5,10-13H2,1-4H3. The first-order valence-corrected chi connectivity index (χ1v) is 13.0. The fourth-order valence-corrected chi connectivity index (χ4v) is 6.82. The summed E-state index contributed by atoms with van der Waals surface area (Å²) in [6.45, 7) is 0.330. The number of nitrogens with zero attached hydrogens (tertiary/aromatic N) is 2. The van der Waals surface area contributed by atoms with E-state index in [1.807, 2.05) is 0 Å². The van der Waals surface area contributed by atoms with Gasteiger partial charge in [-0.05, 0) is 30.7 Å². The second-order valence-corrected chi connectivity index (χ2v) is 11.0. The van der Waals surface area contributed by atoms with Crippen LogP contribution in [0.1, 0.15) is 6.42 Å². The highest BCUT2D eigenvalue weighted by atomic mass is 32.2.